The van der Waals surface area contributed by atoms with Crippen LogP contribution < -0.4 is 0 Å². The Morgan fingerprint density at radius 3 is 2.33 bits per heavy atom. The Morgan fingerprint density at radius 1 is 1.07 bits per heavy atom. The standard InChI is InChI=1S/C26H32O3Si/c1-25(2,3)30(5,6)29-23-20-14-10-11-15-21(20)26(24(27)28-4)17-19(22(23)26)16-18-12-8-7-9-13-18/h7-16,22-23H,17H2,1-6H3/b19-16-/t22-,23+,26-/m1/s1. The molecule has 2 aliphatic rings. The van der Waals surface area contributed by atoms with Crippen LogP contribution in [0.1, 0.15) is 50.0 Å². The highest BCUT2D eigenvalue weighted by Gasteiger charge is 2.66. The van der Waals surface area contributed by atoms with Gasteiger partial charge in [0.25, 0.3) is 0 Å². The van der Waals surface area contributed by atoms with Crippen LogP contribution in [0.5, 0.6) is 0 Å². The lowest BCUT2D eigenvalue weighted by molar-refractivity contribution is -0.153. The SMILES string of the molecule is COC(=O)[C@@]12C/C(=C/c3ccccc3)[C@@H]1[C@@H](O[Si](C)(C)C(C)(C)C)c1ccccc12. The molecule has 2 aromatic carbocycles. The molecule has 0 bridgehead atoms. The van der Waals surface area contributed by atoms with Crippen molar-refractivity contribution < 1.29 is 14.0 Å². The third-order valence-electron chi connectivity index (χ3n) is 7.39. The summed E-state index contributed by atoms with van der Waals surface area (Å²) in [5.41, 5.74) is 4.02. The van der Waals surface area contributed by atoms with Gasteiger partial charge >= 0.3 is 5.97 Å². The quantitative estimate of drug-likeness (QED) is 0.431. The zero-order valence-electron chi connectivity index (χ0n) is 18.9. The highest BCUT2D eigenvalue weighted by atomic mass is 28.4. The lowest BCUT2D eigenvalue weighted by Gasteiger charge is -2.49. The first kappa shape index (κ1) is 21.1. The van der Waals surface area contributed by atoms with Crippen LogP contribution in [0.15, 0.2) is 60.2 Å². The molecule has 30 heavy (non-hydrogen) atoms. The van der Waals surface area contributed by atoms with E-state index in [4.69, 9.17) is 9.16 Å². The number of esters is 1. The average Bonchev–Trinajstić information content (AvgIpc) is 2.90. The van der Waals surface area contributed by atoms with Crippen LogP contribution in [-0.4, -0.2) is 21.4 Å². The Bertz CT molecular complexity index is 987. The molecule has 0 spiro atoms. The molecule has 1 fully saturated rings. The van der Waals surface area contributed by atoms with E-state index in [1.54, 1.807) is 0 Å². The fourth-order valence-corrected chi connectivity index (χ4v) is 6.05. The average molecular weight is 421 g/mol. The molecule has 0 aliphatic heterocycles. The third kappa shape index (κ3) is 3.09. The predicted octanol–water partition coefficient (Wildman–Crippen LogP) is 6.28. The lowest BCUT2D eigenvalue weighted by Crippen LogP contribution is -2.53. The van der Waals surface area contributed by atoms with Gasteiger partial charge in [-0.25, -0.2) is 0 Å². The molecule has 3 atom stereocenters. The summed E-state index contributed by atoms with van der Waals surface area (Å²) in [5.74, 6) is -0.164. The van der Waals surface area contributed by atoms with Crippen LogP contribution in [-0.2, 0) is 19.4 Å². The molecule has 0 saturated heterocycles. The van der Waals surface area contributed by atoms with Gasteiger partial charge in [-0.1, -0.05) is 87.0 Å². The second kappa shape index (κ2) is 7.21. The van der Waals surface area contributed by atoms with Crippen LogP contribution in [0.2, 0.25) is 18.1 Å². The van der Waals surface area contributed by atoms with E-state index >= 15 is 0 Å². The van der Waals surface area contributed by atoms with Gasteiger partial charge in [0.2, 0.25) is 0 Å². The van der Waals surface area contributed by atoms with Gasteiger partial charge < -0.3 is 9.16 Å². The van der Waals surface area contributed by atoms with Crippen molar-refractivity contribution in [2.24, 2.45) is 5.92 Å². The summed E-state index contributed by atoms with van der Waals surface area (Å²) in [5, 5.41) is 0.0888. The van der Waals surface area contributed by atoms with E-state index in [0.29, 0.717) is 6.42 Å². The Labute approximate surface area is 181 Å². The minimum absolute atomic E-state index is 0.0170. The first-order valence-electron chi connectivity index (χ1n) is 10.7. The largest absolute Gasteiger partial charge is 0.468 e. The van der Waals surface area contributed by atoms with Crippen molar-refractivity contribution in [1.29, 1.82) is 0 Å². The zero-order chi connectivity index (χ0) is 21.7. The molecule has 3 nitrogen and oxygen atoms in total. The zero-order valence-corrected chi connectivity index (χ0v) is 19.9. The first-order valence-corrected chi connectivity index (χ1v) is 13.6. The highest BCUT2D eigenvalue weighted by Crippen LogP contribution is 2.66. The van der Waals surface area contributed by atoms with Crippen molar-refractivity contribution >= 4 is 20.4 Å². The fourth-order valence-electron chi connectivity index (χ4n) is 4.79. The van der Waals surface area contributed by atoms with Crippen molar-refractivity contribution in [2.75, 3.05) is 7.11 Å². The number of benzene rings is 2. The Balaban J connectivity index is 1.84. The summed E-state index contributed by atoms with van der Waals surface area (Å²) in [4.78, 5) is 13.2. The van der Waals surface area contributed by atoms with Crippen LogP contribution in [0.25, 0.3) is 6.08 Å². The number of methoxy groups -OCH3 is 1. The molecule has 1 saturated carbocycles. The normalized spacial score (nSPS) is 26.7. The van der Waals surface area contributed by atoms with Gasteiger partial charge in [0.1, 0.15) is 5.41 Å². The highest BCUT2D eigenvalue weighted by molar-refractivity contribution is 6.74. The smallest absolute Gasteiger partial charge is 0.317 e. The van der Waals surface area contributed by atoms with Crippen molar-refractivity contribution in [3.8, 4) is 0 Å². The van der Waals surface area contributed by atoms with Gasteiger partial charge in [-0.15, -0.1) is 0 Å². The summed E-state index contributed by atoms with van der Waals surface area (Å²) in [6, 6.07) is 18.6. The fraction of sp³-hybridized carbons (Fsp3) is 0.423. The molecule has 0 aromatic heterocycles. The molecular formula is C26H32O3Si. The van der Waals surface area contributed by atoms with E-state index in [0.717, 1.165) is 16.7 Å². The molecule has 0 amide bonds. The second-order valence-electron chi connectivity index (χ2n) is 10.1. The van der Waals surface area contributed by atoms with E-state index in [9.17, 15) is 4.79 Å². The summed E-state index contributed by atoms with van der Waals surface area (Å²) >= 11 is 0. The molecule has 2 aliphatic carbocycles. The van der Waals surface area contributed by atoms with Crippen LogP contribution in [0.3, 0.4) is 0 Å². The number of carbonyl (C=O) groups excluding carboxylic acids is 1. The third-order valence-corrected chi connectivity index (χ3v) is 11.8. The number of rotatable bonds is 4. The molecule has 158 valence electrons. The van der Waals surface area contributed by atoms with E-state index in [1.807, 2.05) is 24.3 Å². The number of ether oxygens (including phenoxy) is 1. The number of fused-ring (bicyclic) bond motifs is 3. The van der Waals surface area contributed by atoms with Crippen LogP contribution >= 0.6 is 0 Å². The van der Waals surface area contributed by atoms with Gasteiger partial charge in [0.15, 0.2) is 8.32 Å². The molecule has 4 rings (SSSR count). The topological polar surface area (TPSA) is 35.5 Å². The van der Waals surface area contributed by atoms with E-state index in [1.165, 1.54) is 12.7 Å². The van der Waals surface area contributed by atoms with Crippen molar-refractivity contribution in [3.05, 3.63) is 76.9 Å². The predicted molar refractivity (Wildman–Crippen MR) is 124 cm³/mol. The maximum atomic E-state index is 13.2. The van der Waals surface area contributed by atoms with Gasteiger partial charge in [-0.2, -0.15) is 0 Å². The molecule has 0 radical (unpaired) electrons. The minimum atomic E-state index is -2.05. The maximum absolute atomic E-state index is 13.2. The van der Waals surface area contributed by atoms with Gasteiger partial charge in [-0.3, -0.25) is 4.79 Å². The van der Waals surface area contributed by atoms with E-state index < -0.39 is 13.7 Å². The summed E-state index contributed by atoms with van der Waals surface area (Å²) in [6.45, 7) is 11.3. The Hall–Kier alpha value is -2.17. The van der Waals surface area contributed by atoms with E-state index in [2.05, 4.69) is 70.3 Å². The van der Waals surface area contributed by atoms with Crippen LogP contribution in [0.4, 0.5) is 0 Å². The first-order chi connectivity index (χ1) is 14.1. The number of hydrogen-bond acceptors (Lipinski definition) is 3. The maximum Gasteiger partial charge on any atom is 0.317 e. The molecule has 4 heteroatoms. The van der Waals surface area contributed by atoms with Crippen molar-refractivity contribution in [3.63, 3.8) is 0 Å². The van der Waals surface area contributed by atoms with Crippen LogP contribution in [0, 0.1) is 5.92 Å². The second-order valence-corrected chi connectivity index (χ2v) is 14.9. The van der Waals surface area contributed by atoms with Gasteiger partial charge in [0, 0.05) is 5.92 Å². The minimum Gasteiger partial charge on any atom is -0.468 e. The Morgan fingerprint density at radius 2 is 1.70 bits per heavy atom. The van der Waals surface area contributed by atoms with Crippen molar-refractivity contribution in [1.82, 2.24) is 0 Å². The van der Waals surface area contributed by atoms with Gasteiger partial charge in [0.05, 0.1) is 13.2 Å². The summed E-state index contributed by atoms with van der Waals surface area (Å²) < 4.78 is 12.4. The van der Waals surface area contributed by atoms with Crippen molar-refractivity contribution in [2.45, 2.75) is 56.8 Å². The molecule has 2 aromatic rings. The van der Waals surface area contributed by atoms with Gasteiger partial charge in [-0.05, 0) is 41.2 Å². The lowest BCUT2D eigenvalue weighted by atomic mass is 9.56. The molecule has 0 unspecified atom stereocenters. The Kier molecular flexibility index (Phi) is 5.06. The molecule has 0 N–H and O–H groups in total. The van der Waals surface area contributed by atoms with E-state index in [-0.39, 0.29) is 23.0 Å². The molecule has 0 heterocycles. The number of hydrogen-bond donors (Lipinski definition) is 0. The summed E-state index contributed by atoms with van der Waals surface area (Å²) in [7, 11) is -0.557. The number of carbonyl (C=O) groups is 1. The monoisotopic (exact) mass is 420 g/mol. The molecular weight excluding hydrogens is 388 g/mol. The summed E-state index contributed by atoms with van der Waals surface area (Å²) in [6.07, 6.45) is 2.80.